The van der Waals surface area contributed by atoms with Crippen LogP contribution in [0.1, 0.15) is 57.6 Å². The molecule has 0 fully saturated rings. The lowest BCUT2D eigenvalue weighted by atomic mass is 10.00. The van der Waals surface area contributed by atoms with Crippen LogP contribution in [0.4, 0.5) is 5.82 Å². The van der Waals surface area contributed by atoms with Crippen LogP contribution in [0.25, 0.3) is 21.9 Å². The number of fused-ring (bicyclic) bond motifs is 3. The first-order valence-corrected chi connectivity index (χ1v) is 11.4. The summed E-state index contributed by atoms with van der Waals surface area (Å²) in [6.07, 6.45) is 8.53. The molecule has 0 radical (unpaired) electrons. The zero-order chi connectivity index (χ0) is 21.6. The Balaban J connectivity index is 0.00000289. The van der Waals surface area contributed by atoms with Gasteiger partial charge < -0.3 is 15.0 Å². The van der Waals surface area contributed by atoms with Crippen LogP contribution in [0, 0.1) is 0 Å². The largest absolute Gasteiger partial charge is 0.494 e. The summed E-state index contributed by atoms with van der Waals surface area (Å²) < 4.78 is 8.14. The van der Waals surface area contributed by atoms with E-state index >= 15 is 0 Å². The Labute approximate surface area is 196 Å². The number of nitrogens with zero attached hydrogens (tertiary/aromatic N) is 3. The molecule has 0 bridgehead atoms. The lowest BCUT2D eigenvalue weighted by molar-refractivity contribution is 0.309. The third-order valence-corrected chi connectivity index (χ3v) is 5.88. The maximum Gasteiger partial charge on any atom is 0.152 e. The van der Waals surface area contributed by atoms with Gasteiger partial charge >= 0.3 is 0 Å². The van der Waals surface area contributed by atoms with E-state index in [2.05, 4.69) is 64.8 Å². The molecule has 2 aromatic heterocycles. The Kier molecular flexibility index (Phi) is 8.34. The van der Waals surface area contributed by atoms with Crippen LogP contribution in [-0.4, -0.2) is 21.1 Å². The number of pyridine rings is 1. The third kappa shape index (κ3) is 5.16. The minimum Gasteiger partial charge on any atom is -0.494 e. The number of benzene rings is 2. The molecule has 4 rings (SSSR count). The highest BCUT2D eigenvalue weighted by atomic mass is 35.5. The predicted octanol–water partition coefficient (Wildman–Crippen LogP) is 6.74. The molecule has 32 heavy (non-hydrogen) atoms. The van der Waals surface area contributed by atoms with Crippen molar-refractivity contribution in [3.8, 4) is 5.75 Å². The molecule has 0 unspecified atom stereocenters. The van der Waals surface area contributed by atoms with E-state index in [-0.39, 0.29) is 12.4 Å². The minimum atomic E-state index is 0. The van der Waals surface area contributed by atoms with Crippen molar-refractivity contribution in [3.05, 3.63) is 60.4 Å². The highest BCUT2D eigenvalue weighted by Crippen LogP contribution is 2.32. The number of halogens is 1. The molecule has 2 heterocycles. The molecule has 0 aliphatic carbocycles. The van der Waals surface area contributed by atoms with E-state index in [0.29, 0.717) is 11.9 Å². The lowest BCUT2D eigenvalue weighted by Gasteiger charge is -2.20. The van der Waals surface area contributed by atoms with Gasteiger partial charge in [0.1, 0.15) is 11.3 Å². The van der Waals surface area contributed by atoms with Crippen LogP contribution in [0.3, 0.4) is 0 Å². The summed E-state index contributed by atoms with van der Waals surface area (Å²) in [5, 5.41) is 1.10. The topological polar surface area (TPSA) is 66.0 Å². The van der Waals surface area contributed by atoms with E-state index in [9.17, 15) is 0 Å². The average molecular weight is 453 g/mol. The number of nitrogen functional groups attached to an aromatic ring is 1. The Morgan fingerprint density at radius 2 is 1.75 bits per heavy atom. The fourth-order valence-corrected chi connectivity index (χ4v) is 4.15. The van der Waals surface area contributed by atoms with Crippen molar-refractivity contribution < 1.29 is 4.74 Å². The molecule has 0 saturated heterocycles. The van der Waals surface area contributed by atoms with Gasteiger partial charge in [-0.1, -0.05) is 63.4 Å². The molecule has 0 spiro atoms. The van der Waals surface area contributed by atoms with Gasteiger partial charge in [-0.3, -0.25) is 0 Å². The quantitative estimate of drug-likeness (QED) is 0.270. The van der Waals surface area contributed by atoms with Crippen LogP contribution < -0.4 is 10.5 Å². The van der Waals surface area contributed by atoms with Gasteiger partial charge in [0.05, 0.1) is 24.0 Å². The van der Waals surface area contributed by atoms with E-state index < -0.39 is 0 Å². The smallest absolute Gasteiger partial charge is 0.152 e. The first-order valence-electron chi connectivity index (χ1n) is 11.4. The minimum absolute atomic E-state index is 0. The number of hydrogen-bond donors (Lipinski definition) is 1. The van der Waals surface area contributed by atoms with Crippen molar-refractivity contribution in [3.63, 3.8) is 0 Å². The van der Waals surface area contributed by atoms with E-state index in [0.717, 1.165) is 66.4 Å². The van der Waals surface area contributed by atoms with Gasteiger partial charge in [0.25, 0.3) is 0 Å². The molecule has 2 aromatic carbocycles. The normalized spacial score (nSPS) is 12.1. The van der Waals surface area contributed by atoms with Gasteiger partial charge in [0.2, 0.25) is 0 Å². The molecule has 0 amide bonds. The van der Waals surface area contributed by atoms with Gasteiger partial charge in [-0.05, 0) is 43.0 Å². The lowest BCUT2D eigenvalue weighted by Crippen LogP contribution is -2.12. The van der Waals surface area contributed by atoms with Crippen molar-refractivity contribution >= 4 is 40.2 Å². The summed E-state index contributed by atoms with van der Waals surface area (Å²) in [4.78, 5) is 9.20. The summed E-state index contributed by atoms with van der Waals surface area (Å²) in [5.74, 6) is 1.44. The number of ether oxygens (including phenoxy) is 1. The van der Waals surface area contributed by atoms with E-state index in [4.69, 9.17) is 10.5 Å². The molecule has 4 aromatic rings. The third-order valence-electron chi connectivity index (χ3n) is 5.88. The summed E-state index contributed by atoms with van der Waals surface area (Å²) in [6, 6.07) is 17.0. The standard InChI is InChI=1S/C26H32N4O.ClH/c1-3-5-9-20(17-19-12-14-21(15-13-19)31-16-6-4-2)30-18-28-24-25(30)22-10-7-8-11-23(22)29-26(24)27;/h7-8,10-15,18,20H,3-6,9,16-17H2,1-2H3,(H2,27,29);1H/t20-;/m1./s1. The summed E-state index contributed by atoms with van der Waals surface area (Å²) in [6.45, 7) is 5.19. The molecule has 0 aliphatic rings. The Hall–Kier alpha value is -2.79. The second-order valence-electron chi connectivity index (χ2n) is 8.21. The highest BCUT2D eigenvalue weighted by Gasteiger charge is 2.19. The maximum atomic E-state index is 6.25. The summed E-state index contributed by atoms with van der Waals surface area (Å²) in [5.41, 5.74) is 10.3. The molecule has 5 nitrogen and oxygen atoms in total. The van der Waals surface area contributed by atoms with Crippen LogP contribution in [-0.2, 0) is 6.42 Å². The second-order valence-corrected chi connectivity index (χ2v) is 8.21. The number of imidazole rings is 1. The maximum absolute atomic E-state index is 6.25. The molecular weight excluding hydrogens is 420 g/mol. The average Bonchev–Trinajstić information content (AvgIpc) is 3.24. The second kappa shape index (κ2) is 11.2. The van der Waals surface area contributed by atoms with Gasteiger partial charge in [-0.15, -0.1) is 12.4 Å². The van der Waals surface area contributed by atoms with Crippen LogP contribution in [0.2, 0.25) is 0 Å². The fourth-order valence-electron chi connectivity index (χ4n) is 4.15. The van der Waals surface area contributed by atoms with Gasteiger partial charge in [-0.2, -0.15) is 0 Å². The Morgan fingerprint density at radius 1 is 1.00 bits per heavy atom. The number of hydrogen-bond acceptors (Lipinski definition) is 4. The van der Waals surface area contributed by atoms with E-state index in [1.807, 2.05) is 18.5 Å². The summed E-state index contributed by atoms with van der Waals surface area (Å²) >= 11 is 0. The number of rotatable bonds is 10. The molecule has 0 saturated carbocycles. The number of anilines is 1. The van der Waals surface area contributed by atoms with Crippen molar-refractivity contribution in [1.82, 2.24) is 14.5 Å². The molecule has 170 valence electrons. The SMILES string of the molecule is CCCCOc1ccc(C[C@@H](CCCC)n2cnc3c(N)nc4ccccc4c32)cc1.Cl. The highest BCUT2D eigenvalue weighted by molar-refractivity contribution is 6.06. The van der Waals surface area contributed by atoms with E-state index in [1.54, 1.807) is 0 Å². The predicted molar refractivity (Wildman–Crippen MR) is 136 cm³/mol. The zero-order valence-electron chi connectivity index (χ0n) is 19.0. The van der Waals surface area contributed by atoms with Crippen molar-refractivity contribution in [1.29, 1.82) is 0 Å². The molecule has 6 heteroatoms. The fraction of sp³-hybridized carbons (Fsp3) is 0.385. The van der Waals surface area contributed by atoms with Crippen molar-refractivity contribution in [2.45, 2.75) is 58.4 Å². The number of aromatic nitrogens is 3. The van der Waals surface area contributed by atoms with Crippen molar-refractivity contribution in [2.75, 3.05) is 12.3 Å². The van der Waals surface area contributed by atoms with E-state index in [1.165, 1.54) is 12.0 Å². The molecule has 1 atom stereocenters. The first-order chi connectivity index (χ1) is 15.2. The zero-order valence-corrected chi connectivity index (χ0v) is 19.8. The molecular formula is C26H33ClN4O. The van der Waals surface area contributed by atoms with Gasteiger partial charge in [0, 0.05) is 11.4 Å². The first kappa shape index (κ1) is 23.9. The number of para-hydroxylation sites is 1. The summed E-state index contributed by atoms with van der Waals surface area (Å²) in [7, 11) is 0. The Bertz CT molecular complexity index is 1140. The molecule has 2 N–H and O–H groups in total. The number of unbranched alkanes of at least 4 members (excludes halogenated alkanes) is 2. The molecule has 0 aliphatic heterocycles. The van der Waals surface area contributed by atoms with Gasteiger partial charge in [0.15, 0.2) is 5.82 Å². The van der Waals surface area contributed by atoms with Gasteiger partial charge in [-0.25, -0.2) is 9.97 Å². The Morgan fingerprint density at radius 3 is 2.50 bits per heavy atom. The van der Waals surface area contributed by atoms with Crippen LogP contribution >= 0.6 is 12.4 Å². The van der Waals surface area contributed by atoms with Crippen LogP contribution in [0.5, 0.6) is 5.75 Å². The number of nitrogens with two attached hydrogens (primary N) is 1. The van der Waals surface area contributed by atoms with Crippen molar-refractivity contribution in [2.24, 2.45) is 0 Å². The monoisotopic (exact) mass is 452 g/mol. The van der Waals surface area contributed by atoms with Crippen LogP contribution in [0.15, 0.2) is 54.9 Å².